The fraction of sp³-hybridized carbons (Fsp3) is 0.700. The van der Waals surface area contributed by atoms with E-state index in [1.165, 1.54) is 0 Å². The number of hydrogen-bond donors (Lipinski definition) is 1. The molecule has 1 unspecified atom stereocenters. The molecule has 2 heterocycles. The third kappa shape index (κ3) is 8.27. The number of nitrogens with zero attached hydrogens (tertiary/aromatic N) is 4. The molecule has 1 N–H and O–H groups in total. The molecule has 1 atom stereocenters. The minimum atomic E-state index is -0.573. The maximum Gasteiger partial charge on any atom is 0.230 e. The van der Waals surface area contributed by atoms with Crippen LogP contribution in [-0.4, -0.2) is 37.0 Å². The molecular weight excluding hydrogens is 374 g/mol. The van der Waals surface area contributed by atoms with E-state index in [0.29, 0.717) is 30.5 Å². The SMILES string of the molecule is CC(C)(C)C(=O)Nc1nc(OCCCCOC2CCCCO2)ccc1CN=[N+]=[N-]. The van der Waals surface area contributed by atoms with Crippen LogP contribution in [0.5, 0.6) is 5.88 Å². The minimum absolute atomic E-state index is 0.0658. The van der Waals surface area contributed by atoms with Crippen LogP contribution in [0.25, 0.3) is 10.4 Å². The summed E-state index contributed by atoms with van der Waals surface area (Å²) in [6, 6.07) is 3.46. The molecule has 1 amide bonds. The Morgan fingerprint density at radius 2 is 2.14 bits per heavy atom. The highest BCUT2D eigenvalue weighted by Crippen LogP contribution is 2.23. The first-order valence-corrected chi connectivity index (χ1v) is 10.1. The molecule has 1 saturated heterocycles. The lowest BCUT2D eigenvalue weighted by Crippen LogP contribution is -2.28. The number of pyridine rings is 1. The van der Waals surface area contributed by atoms with Crippen molar-refractivity contribution in [2.45, 2.75) is 65.7 Å². The normalized spacial score (nSPS) is 16.7. The van der Waals surface area contributed by atoms with Gasteiger partial charge in [-0.2, -0.15) is 4.98 Å². The van der Waals surface area contributed by atoms with Crippen LogP contribution >= 0.6 is 0 Å². The number of aromatic nitrogens is 1. The van der Waals surface area contributed by atoms with E-state index in [1.54, 1.807) is 12.1 Å². The summed E-state index contributed by atoms with van der Waals surface area (Å²) in [5, 5.41) is 6.36. The van der Waals surface area contributed by atoms with Gasteiger partial charge in [0.2, 0.25) is 11.8 Å². The number of ether oxygens (including phenoxy) is 3. The van der Waals surface area contributed by atoms with E-state index in [2.05, 4.69) is 20.3 Å². The molecule has 0 aliphatic carbocycles. The maximum atomic E-state index is 12.3. The largest absolute Gasteiger partial charge is 0.478 e. The zero-order valence-electron chi connectivity index (χ0n) is 17.5. The molecular formula is C20H31N5O4. The van der Waals surface area contributed by atoms with E-state index in [-0.39, 0.29) is 18.7 Å². The fourth-order valence-corrected chi connectivity index (χ4v) is 2.63. The molecule has 9 nitrogen and oxygen atoms in total. The second kappa shape index (κ2) is 11.6. The number of carbonyl (C=O) groups is 1. The van der Waals surface area contributed by atoms with Gasteiger partial charge in [0, 0.05) is 35.2 Å². The van der Waals surface area contributed by atoms with Crippen LogP contribution < -0.4 is 10.1 Å². The van der Waals surface area contributed by atoms with E-state index in [4.69, 9.17) is 19.7 Å². The number of anilines is 1. The summed E-state index contributed by atoms with van der Waals surface area (Å²) in [6.07, 6.45) is 4.85. The van der Waals surface area contributed by atoms with Crippen LogP contribution in [0.4, 0.5) is 5.82 Å². The van der Waals surface area contributed by atoms with Gasteiger partial charge in [-0.25, -0.2) is 0 Å². The van der Waals surface area contributed by atoms with Gasteiger partial charge in [0.1, 0.15) is 5.82 Å². The lowest BCUT2D eigenvalue weighted by molar-refractivity contribution is -0.162. The number of azide groups is 1. The van der Waals surface area contributed by atoms with E-state index in [1.807, 2.05) is 20.8 Å². The molecule has 0 saturated carbocycles. The quantitative estimate of drug-likeness (QED) is 0.264. The summed E-state index contributed by atoms with van der Waals surface area (Å²) >= 11 is 0. The summed E-state index contributed by atoms with van der Waals surface area (Å²) < 4.78 is 16.9. The van der Waals surface area contributed by atoms with Gasteiger partial charge in [-0.15, -0.1) is 0 Å². The van der Waals surface area contributed by atoms with Crippen LogP contribution in [-0.2, 0) is 20.8 Å². The topological polar surface area (TPSA) is 118 Å². The van der Waals surface area contributed by atoms with Crippen molar-refractivity contribution in [3.63, 3.8) is 0 Å². The van der Waals surface area contributed by atoms with Crippen LogP contribution in [0.2, 0.25) is 0 Å². The smallest absolute Gasteiger partial charge is 0.230 e. The first-order chi connectivity index (χ1) is 13.9. The fourth-order valence-electron chi connectivity index (χ4n) is 2.63. The van der Waals surface area contributed by atoms with Crippen molar-refractivity contribution >= 4 is 11.7 Å². The standard InChI is InChI=1S/C20H31N5O4/c1-20(2,3)19(26)24-18-15(14-22-25-21)9-10-16(23-18)27-11-6-7-13-29-17-8-4-5-12-28-17/h9-10,17H,4-8,11-14H2,1-3H3,(H,23,24,26). The lowest BCUT2D eigenvalue weighted by atomic mass is 9.95. The maximum absolute atomic E-state index is 12.3. The van der Waals surface area contributed by atoms with Crippen molar-refractivity contribution in [1.29, 1.82) is 0 Å². The molecule has 9 heteroatoms. The summed E-state index contributed by atoms with van der Waals surface area (Å²) in [5.74, 6) is 0.592. The predicted molar refractivity (Wildman–Crippen MR) is 109 cm³/mol. The molecule has 1 aromatic rings. The molecule has 0 aromatic carbocycles. The number of rotatable bonds is 10. The highest BCUT2D eigenvalue weighted by atomic mass is 16.7. The van der Waals surface area contributed by atoms with E-state index in [9.17, 15) is 4.79 Å². The molecule has 29 heavy (non-hydrogen) atoms. The van der Waals surface area contributed by atoms with Gasteiger partial charge in [-0.05, 0) is 43.7 Å². The number of amides is 1. The summed E-state index contributed by atoms with van der Waals surface area (Å²) in [5.41, 5.74) is 8.62. The molecule has 0 spiro atoms. The van der Waals surface area contributed by atoms with Gasteiger partial charge in [0.15, 0.2) is 6.29 Å². The van der Waals surface area contributed by atoms with E-state index in [0.717, 1.165) is 38.7 Å². The van der Waals surface area contributed by atoms with Crippen molar-refractivity contribution in [2.75, 3.05) is 25.1 Å². The van der Waals surface area contributed by atoms with Gasteiger partial charge >= 0.3 is 0 Å². The molecule has 1 fully saturated rings. The molecule has 0 radical (unpaired) electrons. The van der Waals surface area contributed by atoms with E-state index < -0.39 is 5.41 Å². The Morgan fingerprint density at radius 1 is 1.34 bits per heavy atom. The predicted octanol–water partition coefficient (Wildman–Crippen LogP) is 4.58. The Labute approximate surface area is 171 Å². The number of nitrogens with one attached hydrogen (secondary N) is 1. The van der Waals surface area contributed by atoms with Crippen LogP contribution in [0.15, 0.2) is 17.2 Å². The zero-order valence-corrected chi connectivity index (χ0v) is 17.5. The van der Waals surface area contributed by atoms with Gasteiger partial charge in [0.05, 0.1) is 13.2 Å². The molecule has 1 aliphatic heterocycles. The van der Waals surface area contributed by atoms with E-state index >= 15 is 0 Å². The van der Waals surface area contributed by atoms with Crippen LogP contribution in [0, 0.1) is 5.41 Å². The van der Waals surface area contributed by atoms with Crippen molar-refractivity contribution in [3.8, 4) is 5.88 Å². The van der Waals surface area contributed by atoms with Gasteiger partial charge in [-0.3, -0.25) is 4.79 Å². The molecule has 1 aromatic heterocycles. The number of carbonyl (C=O) groups excluding carboxylic acids is 1. The third-order valence-electron chi connectivity index (χ3n) is 4.40. The summed E-state index contributed by atoms with van der Waals surface area (Å²) in [7, 11) is 0. The number of hydrogen-bond acceptors (Lipinski definition) is 6. The molecule has 2 rings (SSSR count). The average molecular weight is 405 g/mol. The highest BCUT2D eigenvalue weighted by molar-refractivity contribution is 5.94. The van der Waals surface area contributed by atoms with Crippen LogP contribution in [0.1, 0.15) is 58.4 Å². The Balaban J connectivity index is 1.83. The molecule has 160 valence electrons. The summed E-state index contributed by atoms with van der Waals surface area (Å²) in [6.45, 7) is 7.46. The van der Waals surface area contributed by atoms with Crippen molar-refractivity contribution in [2.24, 2.45) is 10.5 Å². The zero-order chi connectivity index (χ0) is 21.1. The van der Waals surface area contributed by atoms with Crippen LogP contribution in [0.3, 0.4) is 0 Å². The van der Waals surface area contributed by atoms with Crippen molar-refractivity contribution in [3.05, 3.63) is 28.1 Å². The Morgan fingerprint density at radius 3 is 2.83 bits per heavy atom. The van der Waals surface area contributed by atoms with Gasteiger partial charge in [0.25, 0.3) is 0 Å². The average Bonchev–Trinajstić information content (AvgIpc) is 2.70. The monoisotopic (exact) mass is 405 g/mol. The first kappa shape index (κ1) is 22.9. The minimum Gasteiger partial charge on any atom is -0.478 e. The Kier molecular flexibility index (Phi) is 9.18. The Hall–Kier alpha value is -2.35. The second-order valence-corrected chi connectivity index (χ2v) is 7.97. The highest BCUT2D eigenvalue weighted by Gasteiger charge is 2.23. The third-order valence-corrected chi connectivity index (χ3v) is 4.40. The molecule has 1 aliphatic rings. The Bertz CT molecular complexity index is 707. The number of unbranched alkanes of at least 4 members (excludes halogenated alkanes) is 1. The summed E-state index contributed by atoms with van der Waals surface area (Å²) in [4.78, 5) is 19.5. The lowest BCUT2D eigenvalue weighted by Gasteiger charge is -2.22. The van der Waals surface area contributed by atoms with Crippen molar-refractivity contribution < 1.29 is 19.0 Å². The van der Waals surface area contributed by atoms with Gasteiger partial charge in [-0.1, -0.05) is 25.9 Å². The second-order valence-electron chi connectivity index (χ2n) is 7.97. The van der Waals surface area contributed by atoms with Crippen molar-refractivity contribution in [1.82, 2.24) is 4.98 Å². The first-order valence-electron chi connectivity index (χ1n) is 10.1. The van der Waals surface area contributed by atoms with Gasteiger partial charge < -0.3 is 19.5 Å². The molecule has 0 bridgehead atoms.